The molecule has 0 spiro atoms. The Bertz CT molecular complexity index is 365. The van der Waals surface area contributed by atoms with Crippen LogP contribution in [0.4, 0.5) is 5.69 Å². The summed E-state index contributed by atoms with van der Waals surface area (Å²) in [5.74, 6) is 1.46. The van der Waals surface area contributed by atoms with E-state index in [0.717, 1.165) is 12.4 Å². The van der Waals surface area contributed by atoms with E-state index >= 15 is 0 Å². The molecule has 1 aromatic rings. The van der Waals surface area contributed by atoms with Gasteiger partial charge in [-0.1, -0.05) is 32.1 Å². The predicted octanol–water partition coefficient (Wildman–Crippen LogP) is 4.05. The van der Waals surface area contributed by atoms with Gasteiger partial charge >= 0.3 is 0 Å². The molecule has 18 heavy (non-hydrogen) atoms. The van der Waals surface area contributed by atoms with Crippen LogP contribution in [-0.2, 0) is 4.74 Å². The van der Waals surface area contributed by atoms with Gasteiger partial charge in [-0.15, -0.1) is 18.3 Å². The van der Waals surface area contributed by atoms with Gasteiger partial charge in [-0.3, -0.25) is 0 Å². The lowest BCUT2D eigenvalue weighted by Gasteiger charge is -2.24. The van der Waals surface area contributed by atoms with Crippen LogP contribution in [0.5, 0.6) is 0 Å². The van der Waals surface area contributed by atoms with Crippen molar-refractivity contribution in [1.82, 2.24) is 0 Å². The molecule has 0 fully saturated rings. The summed E-state index contributed by atoms with van der Waals surface area (Å²) in [6.45, 7) is 8.89. The Morgan fingerprint density at radius 1 is 1.39 bits per heavy atom. The van der Waals surface area contributed by atoms with E-state index in [1.807, 2.05) is 6.08 Å². The molecule has 0 aromatic heterocycles. The Morgan fingerprint density at radius 2 is 2.11 bits per heavy atom. The Labute approximate surface area is 115 Å². The molecule has 100 valence electrons. The zero-order valence-electron chi connectivity index (χ0n) is 11.5. The standard InChI is InChI=1S/C15H23NOS/c1-5-10-18-15-9-7-6-8-13(15)16-14(11-17-4)12(2)3/h5-9,12,14,16H,1,10-11H2,2-4H3. The quantitative estimate of drug-likeness (QED) is 0.566. The van der Waals surface area contributed by atoms with Gasteiger partial charge in [0.05, 0.1) is 12.6 Å². The fourth-order valence-electron chi connectivity index (χ4n) is 1.64. The summed E-state index contributed by atoms with van der Waals surface area (Å²) < 4.78 is 5.27. The van der Waals surface area contributed by atoms with Crippen LogP contribution in [0.2, 0.25) is 0 Å². The molecule has 0 amide bonds. The second kappa shape index (κ2) is 8.22. The molecule has 1 aromatic carbocycles. The number of methoxy groups -OCH3 is 1. The molecule has 0 saturated carbocycles. The molecule has 0 aliphatic heterocycles. The van der Waals surface area contributed by atoms with Gasteiger partial charge in [0.25, 0.3) is 0 Å². The predicted molar refractivity (Wildman–Crippen MR) is 81.5 cm³/mol. The molecule has 1 N–H and O–H groups in total. The van der Waals surface area contributed by atoms with Crippen molar-refractivity contribution in [2.45, 2.75) is 24.8 Å². The van der Waals surface area contributed by atoms with E-state index in [4.69, 9.17) is 4.74 Å². The maximum Gasteiger partial charge on any atom is 0.0666 e. The minimum Gasteiger partial charge on any atom is -0.383 e. The molecule has 1 rings (SSSR count). The normalized spacial score (nSPS) is 12.4. The van der Waals surface area contributed by atoms with Crippen LogP contribution in [0.15, 0.2) is 41.8 Å². The van der Waals surface area contributed by atoms with Crippen molar-refractivity contribution < 1.29 is 4.74 Å². The SMILES string of the molecule is C=CCSc1ccccc1NC(COC)C(C)C. The highest BCUT2D eigenvalue weighted by molar-refractivity contribution is 7.99. The summed E-state index contributed by atoms with van der Waals surface area (Å²) in [6.07, 6.45) is 1.93. The van der Waals surface area contributed by atoms with E-state index in [0.29, 0.717) is 12.0 Å². The Balaban J connectivity index is 2.77. The average molecular weight is 265 g/mol. The highest BCUT2D eigenvalue weighted by atomic mass is 32.2. The molecule has 0 saturated heterocycles. The largest absolute Gasteiger partial charge is 0.383 e. The lowest BCUT2D eigenvalue weighted by atomic mass is 10.1. The number of anilines is 1. The van der Waals surface area contributed by atoms with Crippen LogP contribution in [0.1, 0.15) is 13.8 Å². The highest BCUT2D eigenvalue weighted by Gasteiger charge is 2.14. The summed E-state index contributed by atoms with van der Waals surface area (Å²) in [5.41, 5.74) is 1.18. The molecule has 2 nitrogen and oxygen atoms in total. The Kier molecular flexibility index (Phi) is 6.91. The maximum atomic E-state index is 5.27. The van der Waals surface area contributed by atoms with E-state index in [2.05, 4.69) is 50.0 Å². The third-order valence-corrected chi connectivity index (χ3v) is 3.80. The smallest absolute Gasteiger partial charge is 0.0666 e. The fraction of sp³-hybridized carbons (Fsp3) is 0.467. The van der Waals surface area contributed by atoms with Crippen molar-refractivity contribution >= 4 is 17.4 Å². The van der Waals surface area contributed by atoms with E-state index in [-0.39, 0.29) is 0 Å². The molecule has 0 aliphatic carbocycles. The van der Waals surface area contributed by atoms with Gasteiger partial charge in [0.2, 0.25) is 0 Å². The number of hydrogen-bond donors (Lipinski definition) is 1. The lowest BCUT2D eigenvalue weighted by molar-refractivity contribution is 0.171. The van der Waals surface area contributed by atoms with Crippen LogP contribution in [-0.4, -0.2) is 25.5 Å². The summed E-state index contributed by atoms with van der Waals surface area (Å²) in [6, 6.07) is 8.72. The van der Waals surface area contributed by atoms with E-state index in [1.165, 1.54) is 10.6 Å². The summed E-state index contributed by atoms with van der Waals surface area (Å²) in [4.78, 5) is 1.26. The molecule has 3 heteroatoms. The third-order valence-electron chi connectivity index (χ3n) is 2.74. The highest BCUT2D eigenvalue weighted by Crippen LogP contribution is 2.28. The number of thioether (sulfide) groups is 1. The van der Waals surface area contributed by atoms with Crippen LogP contribution in [0.3, 0.4) is 0 Å². The number of benzene rings is 1. The molecule has 1 atom stereocenters. The fourth-order valence-corrected chi connectivity index (χ4v) is 2.40. The van der Waals surface area contributed by atoms with Gasteiger partial charge in [0.1, 0.15) is 0 Å². The monoisotopic (exact) mass is 265 g/mol. The van der Waals surface area contributed by atoms with E-state index in [1.54, 1.807) is 18.9 Å². The Hall–Kier alpha value is -0.930. The molecular weight excluding hydrogens is 242 g/mol. The second-order valence-electron chi connectivity index (χ2n) is 4.55. The van der Waals surface area contributed by atoms with E-state index in [9.17, 15) is 0 Å². The number of para-hydroxylation sites is 1. The maximum absolute atomic E-state index is 5.27. The second-order valence-corrected chi connectivity index (χ2v) is 5.61. The lowest BCUT2D eigenvalue weighted by Crippen LogP contribution is -2.30. The first-order valence-electron chi connectivity index (χ1n) is 6.27. The average Bonchev–Trinajstić information content (AvgIpc) is 2.37. The van der Waals surface area contributed by atoms with Gasteiger partial charge < -0.3 is 10.1 Å². The molecule has 1 unspecified atom stereocenters. The van der Waals surface area contributed by atoms with Crippen LogP contribution >= 0.6 is 11.8 Å². The third kappa shape index (κ3) is 4.75. The molecule has 0 radical (unpaired) electrons. The van der Waals surface area contributed by atoms with Gasteiger partial charge in [0, 0.05) is 23.4 Å². The molecule has 0 heterocycles. The minimum atomic E-state index is 0.334. The van der Waals surface area contributed by atoms with Crippen LogP contribution < -0.4 is 5.32 Å². The molecule has 0 aliphatic rings. The molecular formula is C15H23NOS. The van der Waals surface area contributed by atoms with E-state index < -0.39 is 0 Å². The van der Waals surface area contributed by atoms with Gasteiger partial charge in [-0.05, 0) is 18.1 Å². The van der Waals surface area contributed by atoms with Gasteiger partial charge in [0.15, 0.2) is 0 Å². The van der Waals surface area contributed by atoms with Crippen molar-refractivity contribution in [3.63, 3.8) is 0 Å². The summed E-state index contributed by atoms with van der Waals surface area (Å²) >= 11 is 1.80. The number of rotatable bonds is 8. The zero-order chi connectivity index (χ0) is 13.4. The number of nitrogens with one attached hydrogen (secondary N) is 1. The first kappa shape index (κ1) is 15.1. The van der Waals surface area contributed by atoms with Crippen LogP contribution in [0.25, 0.3) is 0 Å². The first-order chi connectivity index (χ1) is 8.69. The summed E-state index contributed by atoms with van der Waals surface area (Å²) in [5, 5.41) is 3.58. The van der Waals surface area contributed by atoms with Crippen molar-refractivity contribution in [1.29, 1.82) is 0 Å². The number of hydrogen-bond acceptors (Lipinski definition) is 3. The Morgan fingerprint density at radius 3 is 2.72 bits per heavy atom. The topological polar surface area (TPSA) is 21.3 Å². The zero-order valence-corrected chi connectivity index (χ0v) is 12.3. The van der Waals surface area contributed by atoms with Gasteiger partial charge in [-0.2, -0.15) is 0 Å². The number of ether oxygens (including phenoxy) is 1. The minimum absolute atomic E-state index is 0.334. The van der Waals surface area contributed by atoms with Crippen molar-refractivity contribution in [3.8, 4) is 0 Å². The summed E-state index contributed by atoms with van der Waals surface area (Å²) in [7, 11) is 1.75. The van der Waals surface area contributed by atoms with Crippen molar-refractivity contribution in [3.05, 3.63) is 36.9 Å². The van der Waals surface area contributed by atoms with Crippen LogP contribution in [0, 0.1) is 5.92 Å². The first-order valence-corrected chi connectivity index (χ1v) is 7.25. The van der Waals surface area contributed by atoms with Crippen molar-refractivity contribution in [2.75, 3.05) is 24.8 Å². The molecule has 0 bridgehead atoms. The van der Waals surface area contributed by atoms with Gasteiger partial charge in [-0.25, -0.2) is 0 Å². The van der Waals surface area contributed by atoms with Crippen molar-refractivity contribution in [2.24, 2.45) is 5.92 Å².